The van der Waals surface area contributed by atoms with Crippen molar-refractivity contribution in [3.8, 4) is 0 Å². The van der Waals surface area contributed by atoms with E-state index in [-0.39, 0.29) is 4.32 Å². The summed E-state index contributed by atoms with van der Waals surface area (Å²) in [5.41, 5.74) is 1.45. The largest absolute Gasteiger partial charge is 0.547 e. The van der Waals surface area contributed by atoms with Crippen molar-refractivity contribution in [1.29, 1.82) is 0 Å². The topological polar surface area (TPSA) is 60.4 Å². The number of thiocarbonyl (C=S) groups is 1. The van der Waals surface area contributed by atoms with Crippen LogP contribution in [0.3, 0.4) is 0 Å². The van der Waals surface area contributed by atoms with Gasteiger partial charge >= 0.3 is 0 Å². The van der Waals surface area contributed by atoms with Crippen molar-refractivity contribution >= 4 is 46.3 Å². The molecule has 1 amide bonds. The van der Waals surface area contributed by atoms with E-state index in [2.05, 4.69) is 0 Å². The standard InChI is InChI=1S/C20H15NO3S2/c22-18-16(13-7-10-14-8-3-1-4-9-14)26-20(25)21(18)17(19(23)24)15-11-5-2-6-12-15/h1-13,17H,(H,23,24)/p-1/b10-7+,16-13-/t17-/m1/s1. The second kappa shape index (κ2) is 8.12. The van der Waals surface area contributed by atoms with Gasteiger partial charge in [0.25, 0.3) is 5.91 Å². The van der Waals surface area contributed by atoms with E-state index in [1.807, 2.05) is 36.4 Å². The van der Waals surface area contributed by atoms with Crippen LogP contribution in [-0.4, -0.2) is 21.1 Å². The number of hydrogen-bond donors (Lipinski definition) is 0. The van der Waals surface area contributed by atoms with Crippen molar-refractivity contribution in [3.63, 3.8) is 0 Å². The van der Waals surface area contributed by atoms with E-state index in [4.69, 9.17) is 12.2 Å². The Labute approximate surface area is 160 Å². The molecular formula is C20H14NO3S2-. The minimum Gasteiger partial charge on any atom is -0.547 e. The molecule has 26 heavy (non-hydrogen) atoms. The Morgan fingerprint density at radius 2 is 1.69 bits per heavy atom. The van der Waals surface area contributed by atoms with E-state index in [1.54, 1.807) is 42.5 Å². The van der Waals surface area contributed by atoms with Crippen molar-refractivity contribution in [1.82, 2.24) is 4.90 Å². The predicted molar refractivity (Wildman–Crippen MR) is 105 cm³/mol. The molecule has 1 aliphatic rings. The van der Waals surface area contributed by atoms with Crippen molar-refractivity contribution in [3.05, 3.63) is 88.8 Å². The van der Waals surface area contributed by atoms with Crippen molar-refractivity contribution < 1.29 is 14.7 Å². The highest BCUT2D eigenvalue weighted by molar-refractivity contribution is 8.26. The first-order valence-electron chi connectivity index (χ1n) is 7.82. The second-order valence-corrected chi connectivity index (χ2v) is 7.15. The van der Waals surface area contributed by atoms with Gasteiger partial charge in [0.15, 0.2) is 0 Å². The van der Waals surface area contributed by atoms with Crippen LogP contribution in [0.25, 0.3) is 6.08 Å². The molecule has 1 heterocycles. The van der Waals surface area contributed by atoms with Crippen molar-refractivity contribution in [2.45, 2.75) is 6.04 Å². The molecule has 0 aromatic heterocycles. The number of hydrogen-bond acceptors (Lipinski definition) is 5. The molecule has 6 heteroatoms. The van der Waals surface area contributed by atoms with Gasteiger partial charge in [-0.1, -0.05) is 96.8 Å². The van der Waals surface area contributed by atoms with Gasteiger partial charge in [-0.05, 0) is 17.2 Å². The zero-order valence-electron chi connectivity index (χ0n) is 13.6. The van der Waals surface area contributed by atoms with Crippen molar-refractivity contribution in [2.24, 2.45) is 0 Å². The third-order valence-electron chi connectivity index (χ3n) is 3.76. The Morgan fingerprint density at radius 1 is 1.08 bits per heavy atom. The summed E-state index contributed by atoms with van der Waals surface area (Å²) in [6, 6.07) is 16.9. The number of benzene rings is 2. The lowest BCUT2D eigenvalue weighted by atomic mass is 10.1. The Kier molecular flexibility index (Phi) is 5.65. The van der Waals surface area contributed by atoms with E-state index in [1.165, 1.54) is 0 Å². The fraction of sp³-hybridized carbons (Fsp3) is 0.0500. The number of aliphatic carboxylic acids is 1. The van der Waals surface area contributed by atoms with Crippen LogP contribution in [0.1, 0.15) is 17.2 Å². The fourth-order valence-corrected chi connectivity index (χ4v) is 3.82. The van der Waals surface area contributed by atoms with Crippen LogP contribution in [0, 0.1) is 0 Å². The van der Waals surface area contributed by atoms with Crippen LogP contribution in [0.4, 0.5) is 0 Å². The first-order chi connectivity index (χ1) is 12.6. The lowest BCUT2D eigenvalue weighted by Crippen LogP contribution is -2.43. The average molecular weight is 380 g/mol. The minimum atomic E-state index is -1.37. The first-order valence-corrected chi connectivity index (χ1v) is 9.05. The monoisotopic (exact) mass is 380 g/mol. The highest BCUT2D eigenvalue weighted by atomic mass is 32.2. The maximum atomic E-state index is 12.7. The number of carboxylic acid groups (broad SMARTS) is 1. The van der Waals surface area contributed by atoms with Gasteiger partial charge in [0.2, 0.25) is 0 Å². The van der Waals surface area contributed by atoms with E-state index in [9.17, 15) is 14.7 Å². The first kappa shape index (κ1) is 18.1. The summed E-state index contributed by atoms with van der Waals surface area (Å²) >= 11 is 6.33. The third kappa shape index (κ3) is 3.92. The average Bonchev–Trinajstić information content (AvgIpc) is 2.91. The summed E-state index contributed by atoms with van der Waals surface area (Å²) in [4.78, 5) is 25.9. The second-order valence-electron chi connectivity index (χ2n) is 5.48. The van der Waals surface area contributed by atoms with Crippen LogP contribution < -0.4 is 5.11 Å². The SMILES string of the molecule is O=C([O-])[C@@H](c1ccccc1)N1C(=O)/C(=C/C=C/c2ccccc2)SC1=S. The molecule has 0 unspecified atom stereocenters. The van der Waals surface area contributed by atoms with Gasteiger partial charge in [0.05, 0.1) is 10.9 Å². The Hall–Kier alpha value is -2.70. The molecule has 2 aromatic rings. The minimum absolute atomic E-state index is 0.201. The maximum Gasteiger partial charge on any atom is 0.267 e. The van der Waals surface area contributed by atoms with Gasteiger partial charge in [-0.25, -0.2) is 0 Å². The van der Waals surface area contributed by atoms with E-state index >= 15 is 0 Å². The molecule has 1 aliphatic heterocycles. The highest BCUT2D eigenvalue weighted by Crippen LogP contribution is 2.37. The number of carbonyl (C=O) groups is 2. The van der Waals surface area contributed by atoms with Gasteiger partial charge in [0, 0.05) is 0 Å². The van der Waals surface area contributed by atoms with Gasteiger partial charge < -0.3 is 9.90 Å². The third-order valence-corrected chi connectivity index (χ3v) is 5.10. The van der Waals surface area contributed by atoms with E-state index < -0.39 is 17.9 Å². The number of amides is 1. The molecule has 1 atom stereocenters. The Morgan fingerprint density at radius 3 is 2.31 bits per heavy atom. The summed E-state index contributed by atoms with van der Waals surface area (Å²) < 4.78 is 0.201. The van der Waals surface area contributed by atoms with Gasteiger partial charge in [-0.2, -0.15) is 0 Å². The van der Waals surface area contributed by atoms with Gasteiger partial charge in [-0.3, -0.25) is 9.69 Å². The van der Waals surface area contributed by atoms with Gasteiger partial charge in [0.1, 0.15) is 10.4 Å². The number of rotatable bonds is 5. The molecule has 0 radical (unpaired) electrons. The maximum absolute atomic E-state index is 12.7. The van der Waals surface area contributed by atoms with Crippen LogP contribution in [0.5, 0.6) is 0 Å². The van der Waals surface area contributed by atoms with Crippen LogP contribution in [0.15, 0.2) is 77.7 Å². The molecule has 2 aromatic carbocycles. The van der Waals surface area contributed by atoms with Crippen LogP contribution in [-0.2, 0) is 9.59 Å². The lowest BCUT2D eigenvalue weighted by molar-refractivity contribution is -0.310. The molecule has 3 rings (SSSR count). The van der Waals surface area contributed by atoms with Crippen molar-refractivity contribution in [2.75, 3.05) is 0 Å². The molecule has 0 N–H and O–H groups in total. The summed E-state index contributed by atoms with van der Waals surface area (Å²) in [5, 5.41) is 11.7. The zero-order valence-corrected chi connectivity index (χ0v) is 15.2. The molecule has 1 fully saturated rings. The predicted octanol–water partition coefficient (Wildman–Crippen LogP) is 2.94. The Balaban J connectivity index is 1.85. The number of carboxylic acids is 1. The lowest BCUT2D eigenvalue weighted by Gasteiger charge is -2.27. The molecule has 0 bridgehead atoms. The molecular weight excluding hydrogens is 366 g/mol. The Bertz CT molecular complexity index is 892. The van der Waals surface area contributed by atoms with Gasteiger partial charge in [-0.15, -0.1) is 0 Å². The molecule has 1 saturated heterocycles. The number of carbonyl (C=O) groups excluding carboxylic acids is 2. The molecule has 130 valence electrons. The van der Waals surface area contributed by atoms with E-state index in [0.717, 1.165) is 22.2 Å². The number of allylic oxidation sites excluding steroid dienone is 2. The normalized spacial score (nSPS) is 17.2. The van der Waals surface area contributed by atoms with Crippen LogP contribution in [0.2, 0.25) is 0 Å². The number of thioether (sulfide) groups is 1. The highest BCUT2D eigenvalue weighted by Gasteiger charge is 2.38. The van der Waals surface area contributed by atoms with E-state index in [0.29, 0.717) is 10.5 Å². The molecule has 0 saturated carbocycles. The summed E-state index contributed by atoms with van der Waals surface area (Å²) in [5.74, 6) is -1.80. The summed E-state index contributed by atoms with van der Waals surface area (Å²) in [6.07, 6.45) is 5.25. The summed E-state index contributed by atoms with van der Waals surface area (Å²) in [6.45, 7) is 0. The fourth-order valence-electron chi connectivity index (χ4n) is 2.55. The molecule has 4 nitrogen and oxygen atoms in total. The van der Waals surface area contributed by atoms with Crippen LogP contribution >= 0.6 is 24.0 Å². The quantitative estimate of drug-likeness (QED) is 0.590. The number of nitrogens with zero attached hydrogens (tertiary/aromatic N) is 1. The molecule has 0 spiro atoms. The summed E-state index contributed by atoms with van der Waals surface area (Å²) in [7, 11) is 0. The smallest absolute Gasteiger partial charge is 0.267 e. The zero-order chi connectivity index (χ0) is 18.5. The molecule has 0 aliphatic carbocycles.